The molecule has 0 radical (unpaired) electrons. The Labute approximate surface area is 183 Å². The first-order chi connectivity index (χ1) is 15.2. The normalized spacial score (nSPS) is 13.5. The van der Waals surface area contributed by atoms with Gasteiger partial charge in [0.2, 0.25) is 5.91 Å². The molecule has 0 bridgehead atoms. The highest BCUT2D eigenvalue weighted by atomic mass is 16.2. The van der Waals surface area contributed by atoms with Crippen LogP contribution in [0.3, 0.4) is 0 Å². The molecule has 4 rings (SSSR count). The Morgan fingerprint density at radius 3 is 2.03 bits per heavy atom. The molecule has 1 fully saturated rings. The van der Waals surface area contributed by atoms with E-state index in [1.54, 1.807) is 4.90 Å². The third-order valence-electron chi connectivity index (χ3n) is 5.63. The molecule has 1 aliphatic rings. The Hall–Kier alpha value is -3.60. The average Bonchev–Trinajstić information content (AvgIpc) is 3.24. The zero-order valence-electron chi connectivity index (χ0n) is 17.5. The average molecular weight is 414 g/mol. The lowest BCUT2D eigenvalue weighted by molar-refractivity contribution is -0.117. The van der Waals surface area contributed by atoms with Gasteiger partial charge in [0.15, 0.2) is 0 Å². The van der Waals surface area contributed by atoms with Crippen molar-refractivity contribution in [2.24, 2.45) is 0 Å². The summed E-state index contributed by atoms with van der Waals surface area (Å²) < 4.78 is 0. The number of nitrogens with zero attached hydrogens (tertiary/aromatic N) is 1. The predicted octanol–water partition coefficient (Wildman–Crippen LogP) is 5.16. The van der Waals surface area contributed by atoms with Crippen LogP contribution in [0.25, 0.3) is 0 Å². The molecule has 0 unspecified atom stereocenters. The maximum atomic E-state index is 12.4. The minimum absolute atomic E-state index is 0.157. The van der Waals surface area contributed by atoms with Crippen molar-refractivity contribution >= 4 is 23.3 Å². The minimum atomic E-state index is -0.232. The monoisotopic (exact) mass is 413 g/mol. The summed E-state index contributed by atoms with van der Waals surface area (Å²) in [6, 6.07) is 27.9. The topological polar surface area (TPSA) is 61.4 Å². The Morgan fingerprint density at radius 1 is 0.871 bits per heavy atom. The molecule has 31 heavy (non-hydrogen) atoms. The Morgan fingerprint density at radius 2 is 1.48 bits per heavy atom. The second-order valence-corrected chi connectivity index (χ2v) is 7.74. The molecule has 0 spiro atoms. The summed E-state index contributed by atoms with van der Waals surface area (Å²) in [6.07, 6.45) is 2.31. The van der Waals surface area contributed by atoms with Gasteiger partial charge in [-0.2, -0.15) is 0 Å². The molecular formula is C26H27N3O2. The van der Waals surface area contributed by atoms with Crippen LogP contribution in [-0.4, -0.2) is 25.0 Å². The van der Waals surface area contributed by atoms with Crippen molar-refractivity contribution in [2.75, 3.05) is 23.3 Å². The van der Waals surface area contributed by atoms with Gasteiger partial charge in [0.1, 0.15) is 0 Å². The lowest BCUT2D eigenvalue weighted by atomic mass is 9.88. The Balaban J connectivity index is 1.32. The molecule has 3 amide bonds. The fourth-order valence-electron chi connectivity index (χ4n) is 4.05. The molecule has 1 heterocycles. The zero-order chi connectivity index (χ0) is 21.5. The molecule has 2 N–H and O–H groups in total. The summed E-state index contributed by atoms with van der Waals surface area (Å²) >= 11 is 0. The van der Waals surface area contributed by atoms with Crippen molar-refractivity contribution in [3.8, 4) is 0 Å². The fourth-order valence-corrected chi connectivity index (χ4v) is 4.05. The smallest absolute Gasteiger partial charge is 0.319 e. The van der Waals surface area contributed by atoms with E-state index in [9.17, 15) is 9.59 Å². The van der Waals surface area contributed by atoms with Crippen LogP contribution in [0.2, 0.25) is 0 Å². The van der Waals surface area contributed by atoms with E-state index < -0.39 is 0 Å². The van der Waals surface area contributed by atoms with Crippen LogP contribution in [-0.2, 0) is 4.79 Å². The number of hydrogen-bond acceptors (Lipinski definition) is 2. The second-order valence-electron chi connectivity index (χ2n) is 7.74. The molecule has 0 saturated carbocycles. The number of anilines is 2. The molecule has 3 aromatic rings. The van der Waals surface area contributed by atoms with Crippen LogP contribution in [0, 0.1) is 0 Å². The highest BCUT2D eigenvalue weighted by Crippen LogP contribution is 2.27. The van der Waals surface area contributed by atoms with Crippen molar-refractivity contribution < 1.29 is 9.59 Å². The van der Waals surface area contributed by atoms with Crippen molar-refractivity contribution in [2.45, 2.75) is 25.2 Å². The van der Waals surface area contributed by atoms with Crippen LogP contribution in [0.15, 0.2) is 84.9 Å². The Bertz CT molecular complexity index is 964. The second kappa shape index (κ2) is 9.94. The van der Waals surface area contributed by atoms with Crippen molar-refractivity contribution in [1.82, 2.24) is 5.32 Å². The van der Waals surface area contributed by atoms with Gasteiger partial charge in [0.25, 0.3) is 0 Å². The molecule has 3 aromatic carbocycles. The lowest BCUT2D eigenvalue weighted by Gasteiger charge is -2.19. The molecule has 0 atom stereocenters. The highest BCUT2D eigenvalue weighted by Gasteiger charge is 2.21. The van der Waals surface area contributed by atoms with Crippen LogP contribution in [0.5, 0.6) is 0 Å². The van der Waals surface area contributed by atoms with Gasteiger partial charge >= 0.3 is 6.03 Å². The molecule has 1 saturated heterocycles. The summed E-state index contributed by atoms with van der Waals surface area (Å²) in [6.45, 7) is 1.32. The standard InChI is InChI=1S/C26H27N3O2/c30-25-12-7-19-29(25)23-15-13-22(14-16-23)28-26(31)27-18-17-24(20-8-3-1-4-9-20)21-10-5-2-6-11-21/h1-6,8-11,13-16,24H,7,12,17-19H2,(H2,27,28,31). The van der Waals surface area contributed by atoms with E-state index in [1.807, 2.05) is 60.7 Å². The van der Waals surface area contributed by atoms with E-state index in [0.717, 1.165) is 25.1 Å². The molecule has 5 nitrogen and oxygen atoms in total. The molecule has 0 aromatic heterocycles. The zero-order valence-corrected chi connectivity index (χ0v) is 17.5. The maximum Gasteiger partial charge on any atom is 0.319 e. The molecular weight excluding hydrogens is 386 g/mol. The molecule has 0 aliphatic carbocycles. The van der Waals surface area contributed by atoms with E-state index in [-0.39, 0.29) is 17.9 Å². The van der Waals surface area contributed by atoms with Gasteiger partial charge in [0.05, 0.1) is 0 Å². The van der Waals surface area contributed by atoms with Crippen molar-refractivity contribution in [1.29, 1.82) is 0 Å². The first-order valence-corrected chi connectivity index (χ1v) is 10.8. The summed E-state index contributed by atoms with van der Waals surface area (Å²) in [5.74, 6) is 0.379. The van der Waals surface area contributed by atoms with E-state index >= 15 is 0 Å². The first-order valence-electron chi connectivity index (χ1n) is 10.8. The van der Waals surface area contributed by atoms with Crippen LogP contribution in [0.4, 0.5) is 16.2 Å². The van der Waals surface area contributed by atoms with Crippen LogP contribution >= 0.6 is 0 Å². The van der Waals surface area contributed by atoms with Gasteiger partial charge in [-0.3, -0.25) is 4.79 Å². The number of amides is 3. The van der Waals surface area contributed by atoms with Gasteiger partial charge in [-0.15, -0.1) is 0 Å². The predicted molar refractivity (Wildman–Crippen MR) is 124 cm³/mol. The third-order valence-corrected chi connectivity index (χ3v) is 5.63. The molecule has 158 valence electrons. The SMILES string of the molecule is O=C(NCCC(c1ccccc1)c1ccccc1)Nc1ccc(N2CCCC2=O)cc1. The van der Waals surface area contributed by atoms with Crippen molar-refractivity contribution in [3.63, 3.8) is 0 Å². The van der Waals surface area contributed by atoms with E-state index in [1.165, 1.54) is 11.1 Å². The van der Waals surface area contributed by atoms with Crippen LogP contribution < -0.4 is 15.5 Å². The van der Waals surface area contributed by atoms with Crippen molar-refractivity contribution in [3.05, 3.63) is 96.1 Å². The number of rotatable bonds is 7. The van der Waals surface area contributed by atoms with E-state index in [4.69, 9.17) is 0 Å². The molecule has 5 heteroatoms. The Kier molecular flexibility index (Phi) is 6.62. The summed E-state index contributed by atoms with van der Waals surface area (Å²) in [5, 5.41) is 5.83. The third kappa shape index (κ3) is 5.31. The van der Waals surface area contributed by atoms with Gasteiger partial charge in [-0.05, 0) is 48.2 Å². The number of carbonyl (C=O) groups excluding carboxylic acids is 2. The summed E-state index contributed by atoms with van der Waals surface area (Å²) in [4.78, 5) is 26.0. The first kappa shape index (κ1) is 20.7. The fraction of sp³-hybridized carbons (Fsp3) is 0.231. The van der Waals surface area contributed by atoms with E-state index in [2.05, 4.69) is 34.9 Å². The van der Waals surface area contributed by atoms with Gasteiger partial charge in [0, 0.05) is 36.8 Å². The quantitative estimate of drug-likeness (QED) is 0.562. The summed E-state index contributed by atoms with van der Waals surface area (Å²) in [7, 11) is 0. The maximum absolute atomic E-state index is 12.4. The largest absolute Gasteiger partial charge is 0.338 e. The minimum Gasteiger partial charge on any atom is -0.338 e. The van der Waals surface area contributed by atoms with Gasteiger partial charge < -0.3 is 15.5 Å². The highest BCUT2D eigenvalue weighted by molar-refractivity contribution is 5.96. The van der Waals surface area contributed by atoms with Gasteiger partial charge in [-0.1, -0.05) is 60.7 Å². The number of nitrogens with one attached hydrogen (secondary N) is 2. The summed E-state index contributed by atoms with van der Waals surface area (Å²) in [5.41, 5.74) is 4.06. The number of carbonyl (C=O) groups is 2. The lowest BCUT2D eigenvalue weighted by Crippen LogP contribution is -2.30. The number of benzene rings is 3. The van der Waals surface area contributed by atoms with Gasteiger partial charge in [-0.25, -0.2) is 4.79 Å². The van der Waals surface area contributed by atoms with Crippen LogP contribution in [0.1, 0.15) is 36.3 Å². The molecule has 1 aliphatic heterocycles. The number of hydrogen-bond donors (Lipinski definition) is 2. The number of urea groups is 1. The van der Waals surface area contributed by atoms with E-state index in [0.29, 0.717) is 18.7 Å².